The van der Waals surface area contributed by atoms with Crippen molar-refractivity contribution < 1.29 is 9.90 Å². The molecule has 0 fully saturated rings. The monoisotopic (exact) mass is 174 g/mol. The van der Waals surface area contributed by atoms with E-state index in [4.69, 9.17) is 5.11 Å². The van der Waals surface area contributed by atoms with Gasteiger partial charge < -0.3 is 5.11 Å². The van der Waals surface area contributed by atoms with Crippen molar-refractivity contribution in [2.24, 2.45) is 0 Å². The Morgan fingerprint density at radius 2 is 2.36 bits per heavy atom. The van der Waals surface area contributed by atoms with Crippen molar-refractivity contribution >= 4 is 17.7 Å². The average molecular weight is 174 g/mol. The van der Waals surface area contributed by atoms with Crippen molar-refractivity contribution in [3.8, 4) is 0 Å². The van der Waals surface area contributed by atoms with Crippen LogP contribution in [0.1, 0.15) is 20.3 Å². The van der Waals surface area contributed by atoms with Crippen molar-refractivity contribution in [2.75, 3.05) is 5.75 Å². The molecule has 2 nitrogen and oxygen atoms in total. The van der Waals surface area contributed by atoms with Crippen LogP contribution in [0.4, 0.5) is 0 Å². The van der Waals surface area contributed by atoms with Crippen molar-refractivity contribution in [1.82, 2.24) is 0 Å². The first-order valence-electron chi connectivity index (χ1n) is 3.68. The minimum Gasteiger partial charge on any atom is -0.478 e. The number of carbonyl (C=O) groups is 1. The molecule has 0 rings (SSSR count). The van der Waals surface area contributed by atoms with Gasteiger partial charge in [-0.2, -0.15) is 11.8 Å². The summed E-state index contributed by atoms with van der Waals surface area (Å²) in [6.07, 6.45) is 3.74. The predicted molar refractivity (Wildman–Crippen MR) is 49.0 cm³/mol. The molecule has 0 aliphatic rings. The summed E-state index contributed by atoms with van der Waals surface area (Å²) in [6.45, 7) is 4.20. The van der Waals surface area contributed by atoms with E-state index in [1.807, 2.05) is 11.8 Å². The number of thioether (sulfide) groups is 1. The number of allylic oxidation sites excluding steroid dienone is 1. The molecule has 0 aromatic rings. The van der Waals surface area contributed by atoms with Crippen LogP contribution in [0.5, 0.6) is 0 Å². The van der Waals surface area contributed by atoms with E-state index in [0.717, 1.165) is 12.2 Å². The summed E-state index contributed by atoms with van der Waals surface area (Å²) < 4.78 is 0. The standard InChI is InChI=1S/C8H14O2S/c1-3-11-7(2)5-4-6-8(9)10/h4,6-7H,3,5H2,1-2H3,(H,9,10)/b6-4+. The normalized spacial score (nSPS) is 13.6. The highest BCUT2D eigenvalue weighted by Crippen LogP contribution is 2.13. The van der Waals surface area contributed by atoms with Gasteiger partial charge in [0.1, 0.15) is 0 Å². The SMILES string of the molecule is CCSC(C)C/C=C/C(=O)O. The zero-order chi connectivity index (χ0) is 8.69. The summed E-state index contributed by atoms with van der Waals surface area (Å²) in [7, 11) is 0. The Morgan fingerprint density at radius 1 is 1.73 bits per heavy atom. The molecule has 1 atom stereocenters. The van der Waals surface area contributed by atoms with Crippen LogP contribution in [0.15, 0.2) is 12.2 Å². The average Bonchev–Trinajstić information content (AvgIpc) is 1.87. The predicted octanol–water partition coefficient (Wildman–Crippen LogP) is 2.16. The quantitative estimate of drug-likeness (QED) is 0.649. The number of aliphatic carboxylic acids is 1. The third-order valence-corrected chi connectivity index (χ3v) is 2.27. The van der Waals surface area contributed by atoms with Gasteiger partial charge in [-0.15, -0.1) is 0 Å². The lowest BCUT2D eigenvalue weighted by Gasteiger charge is -2.04. The Morgan fingerprint density at radius 3 is 2.82 bits per heavy atom. The fraction of sp³-hybridized carbons (Fsp3) is 0.625. The Bertz CT molecular complexity index is 143. The molecule has 1 unspecified atom stereocenters. The molecule has 0 saturated carbocycles. The largest absolute Gasteiger partial charge is 0.478 e. The van der Waals surface area contributed by atoms with Gasteiger partial charge in [-0.05, 0) is 12.2 Å². The fourth-order valence-corrected chi connectivity index (χ4v) is 1.53. The first-order valence-corrected chi connectivity index (χ1v) is 4.72. The topological polar surface area (TPSA) is 37.3 Å². The molecule has 0 bridgehead atoms. The lowest BCUT2D eigenvalue weighted by molar-refractivity contribution is -0.131. The summed E-state index contributed by atoms with van der Waals surface area (Å²) in [5, 5.41) is 8.79. The zero-order valence-electron chi connectivity index (χ0n) is 6.91. The highest BCUT2D eigenvalue weighted by Gasteiger charge is 1.96. The van der Waals surface area contributed by atoms with Crippen molar-refractivity contribution in [3.05, 3.63) is 12.2 Å². The third kappa shape index (κ3) is 7.46. The van der Waals surface area contributed by atoms with E-state index in [2.05, 4.69) is 13.8 Å². The Kier molecular flexibility index (Phi) is 6.03. The summed E-state index contributed by atoms with van der Waals surface area (Å²) in [5.41, 5.74) is 0. The van der Waals surface area contributed by atoms with Crippen LogP contribution in [-0.4, -0.2) is 22.1 Å². The second kappa shape index (κ2) is 6.28. The molecular formula is C8H14O2S. The maximum absolute atomic E-state index is 10.0. The lowest BCUT2D eigenvalue weighted by atomic mass is 10.3. The van der Waals surface area contributed by atoms with Crippen molar-refractivity contribution in [1.29, 1.82) is 0 Å². The molecule has 0 radical (unpaired) electrons. The van der Waals surface area contributed by atoms with E-state index in [1.165, 1.54) is 6.08 Å². The number of carboxylic acid groups (broad SMARTS) is 1. The molecule has 0 spiro atoms. The molecule has 0 aliphatic carbocycles. The van der Waals surface area contributed by atoms with E-state index >= 15 is 0 Å². The molecule has 0 heterocycles. The Balaban J connectivity index is 3.44. The lowest BCUT2D eigenvalue weighted by Crippen LogP contribution is -1.94. The van der Waals surface area contributed by atoms with Gasteiger partial charge >= 0.3 is 5.97 Å². The maximum atomic E-state index is 10.0. The first-order chi connectivity index (χ1) is 5.16. The minimum absolute atomic E-state index is 0.524. The molecule has 0 aromatic carbocycles. The van der Waals surface area contributed by atoms with Gasteiger partial charge in [0.15, 0.2) is 0 Å². The Hall–Kier alpha value is -0.440. The van der Waals surface area contributed by atoms with Crippen LogP contribution in [0, 0.1) is 0 Å². The number of rotatable bonds is 5. The van der Waals surface area contributed by atoms with Gasteiger partial charge in [-0.3, -0.25) is 0 Å². The van der Waals surface area contributed by atoms with Gasteiger partial charge in [0.25, 0.3) is 0 Å². The van der Waals surface area contributed by atoms with Gasteiger partial charge in [0.2, 0.25) is 0 Å². The second-order valence-corrected chi connectivity index (χ2v) is 3.96. The van der Waals surface area contributed by atoms with E-state index in [9.17, 15) is 4.79 Å². The number of carboxylic acids is 1. The van der Waals surface area contributed by atoms with Gasteiger partial charge in [0, 0.05) is 11.3 Å². The first kappa shape index (κ1) is 10.6. The van der Waals surface area contributed by atoms with Crippen molar-refractivity contribution in [2.45, 2.75) is 25.5 Å². The summed E-state index contributed by atoms with van der Waals surface area (Å²) in [4.78, 5) is 10.0. The summed E-state index contributed by atoms with van der Waals surface area (Å²) in [5.74, 6) is 0.223. The Labute approximate surface area is 71.7 Å². The molecular weight excluding hydrogens is 160 g/mol. The van der Waals surface area contributed by atoms with E-state index in [-0.39, 0.29) is 0 Å². The summed E-state index contributed by atoms with van der Waals surface area (Å²) >= 11 is 1.84. The molecule has 1 N–H and O–H groups in total. The number of hydrogen-bond donors (Lipinski definition) is 1. The molecule has 0 aliphatic heterocycles. The van der Waals surface area contributed by atoms with Crippen molar-refractivity contribution in [3.63, 3.8) is 0 Å². The fourth-order valence-electron chi connectivity index (χ4n) is 0.713. The number of hydrogen-bond acceptors (Lipinski definition) is 2. The van der Waals surface area contributed by atoms with Gasteiger partial charge in [-0.25, -0.2) is 4.79 Å². The highest BCUT2D eigenvalue weighted by molar-refractivity contribution is 7.99. The van der Waals surface area contributed by atoms with Gasteiger partial charge in [-0.1, -0.05) is 19.9 Å². The molecule has 0 aromatic heterocycles. The van der Waals surface area contributed by atoms with Crippen LogP contribution < -0.4 is 0 Å². The van der Waals surface area contributed by atoms with E-state index in [1.54, 1.807) is 6.08 Å². The third-order valence-electron chi connectivity index (χ3n) is 1.18. The summed E-state index contributed by atoms with van der Waals surface area (Å²) in [6, 6.07) is 0. The molecule has 11 heavy (non-hydrogen) atoms. The molecule has 64 valence electrons. The second-order valence-electron chi connectivity index (χ2n) is 2.24. The molecule has 0 amide bonds. The zero-order valence-corrected chi connectivity index (χ0v) is 7.73. The van der Waals surface area contributed by atoms with E-state index < -0.39 is 5.97 Å². The molecule has 3 heteroatoms. The van der Waals surface area contributed by atoms with Crippen LogP contribution >= 0.6 is 11.8 Å². The van der Waals surface area contributed by atoms with Crippen LogP contribution in [-0.2, 0) is 4.79 Å². The van der Waals surface area contributed by atoms with Crippen LogP contribution in [0.3, 0.4) is 0 Å². The van der Waals surface area contributed by atoms with Crippen LogP contribution in [0.2, 0.25) is 0 Å². The highest BCUT2D eigenvalue weighted by atomic mass is 32.2. The smallest absolute Gasteiger partial charge is 0.327 e. The minimum atomic E-state index is -0.862. The van der Waals surface area contributed by atoms with E-state index in [0.29, 0.717) is 5.25 Å². The maximum Gasteiger partial charge on any atom is 0.327 e. The van der Waals surface area contributed by atoms with Gasteiger partial charge in [0.05, 0.1) is 0 Å². The molecule has 0 saturated heterocycles. The van der Waals surface area contributed by atoms with Crippen LogP contribution in [0.25, 0.3) is 0 Å².